The molecule has 0 bridgehead atoms. The Bertz CT molecular complexity index is 761. The summed E-state index contributed by atoms with van der Waals surface area (Å²) in [7, 11) is 0. The largest absolute Gasteiger partial charge is 0.305 e. The lowest BCUT2D eigenvalue weighted by molar-refractivity contribution is 0.102. The fourth-order valence-corrected chi connectivity index (χ4v) is 2.18. The van der Waals surface area contributed by atoms with Gasteiger partial charge in [0, 0.05) is 17.8 Å². The van der Waals surface area contributed by atoms with Crippen LogP contribution in [0.5, 0.6) is 0 Å². The topological polar surface area (TPSA) is 46.9 Å². The van der Waals surface area contributed by atoms with Crippen molar-refractivity contribution in [1.82, 2.24) is 9.78 Å². The fourth-order valence-electron chi connectivity index (χ4n) is 2.18. The molecule has 0 saturated heterocycles. The summed E-state index contributed by atoms with van der Waals surface area (Å²) in [6.07, 6.45) is 1.86. The number of aryl methyl sites for hydroxylation is 1. The molecule has 0 fully saturated rings. The molecule has 1 aromatic heterocycles. The highest BCUT2D eigenvalue weighted by atomic mass is 16.1. The molecule has 3 rings (SSSR count). The SMILES string of the molecule is Cc1ccc(C(=O)Nc2ccn(Cc3ccccc3)n2)cc1. The molecule has 0 saturated carbocycles. The number of hydrogen-bond acceptors (Lipinski definition) is 2. The average Bonchev–Trinajstić information content (AvgIpc) is 2.96. The van der Waals surface area contributed by atoms with Crippen molar-refractivity contribution in [1.29, 1.82) is 0 Å². The number of amides is 1. The number of hydrogen-bond donors (Lipinski definition) is 1. The van der Waals surface area contributed by atoms with E-state index in [9.17, 15) is 4.79 Å². The van der Waals surface area contributed by atoms with Gasteiger partial charge in [-0.3, -0.25) is 9.48 Å². The minimum atomic E-state index is -0.148. The van der Waals surface area contributed by atoms with Gasteiger partial charge in [-0.2, -0.15) is 5.10 Å². The van der Waals surface area contributed by atoms with Crippen molar-refractivity contribution >= 4 is 11.7 Å². The van der Waals surface area contributed by atoms with Crippen molar-refractivity contribution in [2.45, 2.75) is 13.5 Å². The summed E-state index contributed by atoms with van der Waals surface area (Å²) in [5.74, 6) is 0.409. The Morgan fingerprint density at radius 1 is 1.05 bits per heavy atom. The Balaban J connectivity index is 1.66. The summed E-state index contributed by atoms with van der Waals surface area (Å²) in [6.45, 7) is 2.67. The molecule has 3 aromatic rings. The smallest absolute Gasteiger partial charge is 0.256 e. The summed E-state index contributed by atoms with van der Waals surface area (Å²) in [5.41, 5.74) is 2.92. The number of nitrogens with zero attached hydrogens (tertiary/aromatic N) is 2. The van der Waals surface area contributed by atoms with Crippen molar-refractivity contribution in [3.8, 4) is 0 Å². The number of carbonyl (C=O) groups is 1. The van der Waals surface area contributed by atoms with E-state index >= 15 is 0 Å². The number of anilines is 1. The minimum Gasteiger partial charge on any atom is -0.305 e. The van der Waals surface area contributed by atoms with Gasteiger partial charge in [-0.1, -0.05) is 48.0 Å². The number of aromatic nitrogens is 2. The van der Waals surface area contributed by atoms with Gasteiger partial charge in [0.1, 0.15) is 0 Å². The van der Waals surface area contributed by atoms with Crippen molar-refractivity contribution in [3.05, 3.63) is 83.6 Å². The van der Waals surface area contributed by atoms with Gasteiger partial charge in [0.15, 0.2) is 5.82 Å². The lowest BCUT2D eigenvalue weighted by Crippen LogP contribution is -2.12. The maximum Gasteiger partial charge on any atom is 0.256 e. The Kier molecular flexibility index (Phi) is 4.01. The van der Waals surface area contributed by atoms with Crippen LogP contribution >= 0.6 is 0 Å². The van der Waals surface area contributed by atoms with Gasteiger partial charge in [0.2, 0.25) is 0 Å². The van der Waals surface area contributed by atoms with E-state index in [1.165, 1.54) is 5.56 Å². The van der Waals surface area contributed by atoms with Crippen LogP contribution in [-0.2, 0) is 6.54 Å². The van der Waals surface area contributed by atoms with Crippen molar-refractivity contribution in [2.75, 3.05) is 5.32 Å². The highest BCUT2D eigenvalue weighted by Crippen LogP contribution is 2.09. The van der Waals surface area contributed by atoms with Gasteiger partial charge in [0.25, 0.3) is 5.91 Å². The molecule has 0 aliphatic rings. The lowest BCUT2D eigenvalue weighted by atomic mass is 10.1. The first kappa shape index (κ1) is 14.1. The van der Waals surface area contributed by atoms with Crippen LogP contribution in [0.3, 0.4) is 0 Å². The van der Waals surface area contributed by atoms with Gasteiger partial charge < -0.3 is 5.32 Å². The highest BCUT2D eigenvalue weighted by molar-refractivity contribution is 6.03. The van der Waals surface area contributed by atoms with E-state index in [1.807, 2.05) is 67.7 Å². The Morgan fingerprint density at radius 3 is 2.50 bits per heavy atom. The summed E-state index contributed by atoms with van der Waals surface area (Å²) < 4.78 is 1.81. The first-order valence-electron chi connectivity index (χ1n) is 7.16. The molecule has 0 unspecified atom stereocenters. The van der Waals surface area contributed by atoms with Crippen LogP contribution in [0, 0.1) is 6.92 Å². The molecular weight excluding hydrogens is 274 g/mol. The van der Waals surface area contributed by atoms with Gasteiger partial charge in [-0.25, -0.2) is 0 Å². The van der Waals surface area contributed by atoms with E-state index in [1.54, 1.807) is 10.7 Å². The third kappa shape index (κ3) is 3.41. The van der Waals surface area contributed by atoms with E-state index in [-0.39, 0.29) is 5.91 Å². The fraction of sp³-hybridized carbons (Fsp3) is 0.111. The molecule has 1 amide bonds. The van der Waals surface area contributed by atoms with Crippen molar-refractivity contribution in [2.24, 2.45) is 0 Å². The molecule has 4 heteroatoms. The van der Waals surface area contributed by atoms with Crippen molar-refractivity contribution < 1.29 is 4.79 Å². The standard InChI is InChI=1S/C18H17N3O/c1-14-7-9-16(10-8-14)18(22)19-17-11-12-21(20-17)13-15-5-3-2-4-6-15/h2-12H,13H2,1H3,(H,19,20,22). The van der Waals surface area contributed by atoms with Crippen molar-refractivity contribution in [3.63, 3.8) is 0 Å². The molecule has 1 N–H and O–H groups in total. The average molecular weight is 291 g/mol. The molecule has 1 heterocycles. The summed E-state index contributed by atoms with van der Waals surface area (Å²) >= 11 is 0. The third-order valence-electron chi connectivity index (χ3n) is 3.38. The molecular formula is C18H17N3O. The maximum absolute atomic E-state index is 12.1. The van der Waals surface area contributed by atoms with E-state index in [4.69, 9.17) is 0 Å². The predicted octanol–water partition coefficient (Wildman–Crippen LogP) is 3.49. The second-order valence-electron chi connectivity index (χ2n) is 5.20. The molecule has 22 heavy (non-hydrogen) atoms. The maximum atomic E-state index is 12.1. The minimum absolute atomic E-state index is 0.148. The molecule has 110 valence electrons. The zero-order chi connectivity index (χ0) is 15.4. The monoisotopic (exact) mass is 291 g/mol. The van der Waals surface area contributed by atoms with E-state index in [2.05, 4.69) is 10.4 Å². The van der Waals surface area contributed by atoms with E-state index in [0.717, 1.165) is 5.56 Å². The molecule has 4 nitrogen and oxygen atoms in total. The van der Waals surface area contributed by atoms with Crippen LogP contribution in [0.25, 0.3) is 0 Å². The zero-order valence-electron chi connectivity index (χ0n) is 12.4. The van der Waals surface area contributed by atoms with Gasteiger partial charge in [-0.15, -0.1) is 0 Å². The first-order valence-corrected chi connectivity index (χ1v) is 7.16. The first-order chi connectivity index (χ1) is 10.7. The van der Waals surface area contributed by atoms with Gasteiger partial charge in [0.05, 0.1) is 6.54 Å². The number of nitrogens with one attached hydrogen (secondary N) is 1. The van der Waals surface area contributed by atoms with Crippen LogP contribution in [0.2, 0.25) is 0 Å². The highest BCUT2D eigenvalue weighted by Gasteiger charge is 2.07. The summed E-state index contributed by atoms with van der Waals surface area (Å²) in [5, 5.41) is 7.19. The normalized spacial score (nSPS) is 10.4. The Morgan fingerprint density at radius 2 is 1.77 bits per heavy atom. The van der Waals surface area contributed by atoms with Crippen LogP contribution in [0.1, 0.15) is 21.5 Å². The van der Waals surface area contributed by atoms with Gasteiger partial charge in [-0.05, 0) is 24.6 Å². The Labute approximate surface area is 129 Å². The van der Waals surface area contributed by atoms with Crippen LogP contribution < -0.4 is 5.32 Å². The predicted molar refractivity (Wildman–Crippen MR) is 86.9 cm³/mol. The third-order valence-corrected chi connectivity index (χ3v) is 3.38. The molecule has 0 radical (unpaired) electrons. The number of benzene rings is 2. The van der Waals surface area contributed by atoms with E-state index < -0.39 is 0 Å². The second kappa shape index (κ2) is 6.26. The molecule has 0 atom stereocenters. The zero-order valence-corrected chi connectivity index (χ0v) is 12.4. The van der Waals surface area contributed by atoms with E-state index in [0.29, 0.717) is 17.9 Å². The van der Waals surface area contributed by atoms with Crippen LogP contribution in [-0.4, -0.2) is 15.7 Å². The van der Waals surface area contributed by atoms with Crippen LogP contribution in [0.15, 0.2) is 66.9 Å². The lowest BCUT2D eigenvalue weighted by Gasteiger charge is -2.03. The Hall–Kier alpha value is -2.88. The quantitative estimate of drug-likeness (QED) is 0.800. The molecule has 0 spiro atoms. The molecule has 0 aliphatic carbocycles. The second-order valence-corrected chi connectivity index (χ2v) is 5.20. The molecule has 2 aromatic carbocycles. The summed E-state index contributed by atoms with van der Waals surface area (Å²) in [4.78, 5) is 12.1. The summed E-state index contributed by atoms with van der Waals surface area (Å²) in [6, 6.07) is 19.3. The van der Waals surface area contributed by atoms with Gasteiger partial charge >= 0.3 is 0 Å². The number of rotatable bonds is 4. The number of carbonyl (C=O) groups excluding carboxylic acids is 1. The molecule has 0 aliphatic heterocycles. The van der Waals surface area contributed by atoms with Crippen LogP contribution in [0.4, 0.5) is 5.82 Å².